The van der Waals surface area contributed by atoms with Crippen LogP contribution in [0.25, 0.3) is 0 Å². The smallest absolute Gasteiger partial charge is 0.306 e. The number of hydrogen-bond acceptors (Lipinski definition) is 6. The van der Waals surface area contributed by atoms with Crippen LogP contribution in [0.2, 0.25) is 5.02 Å². The summed E-state index contributed by atoms with van der Waals surface area (Å²) in [5, 5.41) is 5.48. The Labute approximate surface area is 155 Å². The minimum absolute atomic E-state index is 0.0894. The molecule has 2 aromatic rings. The molecule has 6 nitrogen and oxygen atoms in total. The van der Waals surface area contributed by atoms with E-state index >= 15 is 0 Å². The Morgan fingerprint density at radius 1 is 1.36 bits per heavy atom. The van der Waals surface area contributed by atoms with E-state index in [2.05, 4.69) is 10.3 Å². The molecule has 134 valence electrons. The molecular weight excluding hydrogens is 364 g/mol. The lowest BCUT2D eigenvalue weighted by molar-refractivity contribution is -0.145. The summed E-state index contributed by atoms with van der Waals surface area (Å²) in [4.78, 5) is 26.8. The van der Waals surface area contributed by atoms with E-state index in [-0.39, 0.29) is 24.9 Å². The average molecular weight is 383 g/mol. The van der Waals surface area contributed by atoms with Gasteiger partial charge in [0.15, 0.2) is 5.13 Å². The second-order valence-corrected chi connectivity index (χ2v) is 6.64. The van der Waals surface area contributed by atoms with Gasteiger partial charge in [-0.2, -0.15) is 0 Å². The molecule has 0 radical (unpaired) electrons. The van der Waals surface area contributed by atoms with Gasteiger partial charge in [0.05, 0.1) is 12.3 Å². The van der Waals surface area contributed by atoms with Gasteiger partial charge in [0.1, 0.15) is 12.4 Å². The number of halogens is 1. The number of carbonyl (C=O) groups is 2. The maximum absolute atomic E-state index is 11.7. The molecule has 1 N–H and O–H groups in total. The van der Waals surface area contributed by atoms with Crippen molar-refractivity contribution in [2.45, 2.75) is 33.3 Å². The third-order valence-corrected chi connectivity index (χ3v) is 4.18. The summed E-state index contributed by atoms with van der Waals surface area (Å²) in [6, 6.07) is 5.40. The second-order valence-electron chi connectivity index (χ2n) is 5.35. The van der Waals surface area contributed by atoms with Crippen molar-refractivity contribution in [1.82, 2.24) is 4.98 Å². The molecule has 2 rings (SSSR count). The maximum Gasteiger partial charge on any atom is 0.306 e. The van der Waals surface area contributed by atoms with E-state index in [4.69, 9.17) is 21.1 Å². The Morgan fingerprint density at radius 3 is 2.88 bits per heavy atom. The van der Waals surface area contributed by atoms with Gasteiger partial charge in [-0.1, -0.05) is 11.6 Å². The largest absolute Gasteiger partial charge is 0.493 e. The molecule has 25 heavy (non-hydrogen) atoms. The van der Waals surface area contributed by atoms with Crippen molar-refractivity contribution in [2.24, 2.45) is 0 Å². The van der Waals surface area contributed by atoms with Crippen LogP contribution in [-0.2, 0) is 20.9 Å². The summed E-state index contributed by atoms with van der Waals surface area (Å²) in [6.45, 7) is 3.83. The van der Waals surface area contributed by atoms with Crippen LogP contribution in [0.15, 0.2) is 23.6 Å². The fourth-order valence-corrected chi connectivity index (χ4v) is 2.95. The Bertz CT molecular complexity index is 748. The minimum Gasteiger partial charge on any atom is -0.493 e. The van der Waals surface area contributed by atoms with Crippen molar-refractivity contribution in [1.29, 1.82) is 0 Å². The predicted molar refractivity (Wildman–Crippen MR) is 97.1 cm³/mol. The lowest BCUT2D eigenvalue weighted by Gasteiger charge is -2.09. The first kappa shape index (κ1) is 19.2. The predicted octanol–water partition coefficient (Wildman–Crippen LogP) is 3.97. The first-order valence-electron chi connectivity index (χ1n) is 7.70. The van der Waals surface area contributed by atoms with Gasteiger partial charge < -0.3 is 14.8 Å². The quantitative estimate of drug-likeness (QED) is 0.552. The van der Waals surface area contributed by atoms with Crippen LogP contribution in [0.5, 0.6) is 5.75 Å². The molecule has 0 saturated heterocycles. The Hall–Kier alpha value is -2.12. The van der Waals surface area contributed by atoms with Crippen molar-refractivity contribution >= 4 is 39.9 Å². The zero-order valence-electron chi connectivity index (χ0n) is 14.0. The number of carbonyl (C=O) groups excluding carboxylic acids is 2. The van der Waals surface area contributed by atoms with Crippen molar-refractivity contribution in [3.8, 4) is 5.75 Å². The number of nitrogens with zero attached hydrogens (tertiary/aromatic N) is 1. The molecule has 1 heterocycles. The number of rotatable bonds is 8. The zero-order valence-corrected chi connectivity index (χ0v) is 15.6. The molecule has 0 aliphatic carbocycles. The highest BCUT2D eigenvalue weighted by molar-refractivity contribution is 7.13. The fraction of sp³-hybridized carbons (Fsp3) is 0.353. The Kier molecular flexibility index (Phi) is 7.21. The highest BCUT2D eigenvalue weighted by Crippen LogP contribution is 2.22. The number of esters is 1. The number of aromatic nitrogens is 1. The highest BCUT2D eigenvalue weighted by Gasteiger charge is 2.08. The van der Waals surface area contributed by atoms with E-state index in [1.54, 1.807) is 11.4 Å². The zero-order chi connectivity index (χ0) is 18.2. The summed E-state index contributed by atoms with van der Waals surface area (Å²) in [5.41, 5.74) is 1.56. The van der Waals surface area contributed by atoms with Gasteiger partial charge in [-0.15, -0.1) is 11.3 Å². The minimum atomic E-state index is -0.314. The van der Waals surface area contributed by atoms with Crippen molar-refractivity contribution in [3.05, 3.63) is 39.9 Å². The van der Waals surface area contributed by atoms with Gasteiger partial charge in [0.25, 0.3) is 0 Å². The molecule has 1 amide bonds. The summed E-state index contributed by atoms with van der Waals surface area (Å²) in [6.07, 6.45) is 0.810. The molecule has 1 aromatic heterocycles. The molecule has 1 aromatic carbocycles. The molecule has 0 spiro atoms. The van der Waals surface area contributed by atoms with E-state index in [0.717, 1.165) is 11.3 Å². The number of ether oxygens (including phenoxy) is 2. The third kappa shape index (κ3) is 6.72. The van der Waals surface area contributed by atoms with Crippen molar-refractivity contribution in [2.75, 3.05) is 11.9 Å². The first-order valence-corrected chi connectivity index (χ1v) is 8.96. The fourth-order valence-electron chi connectivity index (χ4n) is 1.98. The maximum atomic E-state index is 11.7. The third-order valence-electron chi connectivity index (χ3n) is 3.14. The lowest BCUT2D eigenvalue weighted by Crippen LogP contribution is -2.08. The summed E-state index contributed by atoms with van der Waals surface area (Å²) in [5.74, 6) is 0.255. The van der Waals surface area contributed by atoms with Gasteiger partial charge in [-0.3, -0.25) is 9.59 Å². The number of amides is 1. The number of hydrogen-bond donors (Lipinski definition) is 1. The van der Waals surface area contributed by atoms with Crippen LogP contribution in [0.3, 0.4) is 0 Å². The van der Waals surface area contributed by atoms with Crippen LogP contribution in [0, 0.1) is 6.92 Å². The topological polar surface area (TPSA) is 77.5 Å². The first-order chi connectivity index (χ1) is 11.9. The van der Waals surface area contributed by atoms with Crippen LogP contribution in [0.1, 0.15) is 31.0 Å². The summed E-state index contributed by atoms with van der Waals surface area (Å²) in [7, 11) is 0. The van der Waals surface area contributed by atoms with Crippen molar-refractivity contribution in [3.63, 3.8) is 0 Å². The number of anilines is 1. The summed E-state index contributed by atoms with van der Waals surface area (Å²) >= 11 is 7.18. The number of thiazole rings is 1. The molecule has 0 aliphatic rings. The van der Waals surface area contributed by atoms with E-state index in [0.29, 0.717) is 28.9 Å². The highest BCUT2D eigenvalue weighted by atomic mass is 35.5. The SMILES string of the molecule is CC(=O)Nc1nc(COC(=O)CCCOc2ccc(Cl)cc2C)cs1. The lowest BCUT2D eigenvalue weighted by atomic mass is 10.2. The molecular formula is C17H19ClN2O4S. The molecule has 0 saturated carbocycles. The van der Waals surface area contributed by atoms with Crippen LogP contribution >= 0.6 is 22.9 Å². The molecule has 0 fully saturated rings. The van der Waals surface area contributed by atoms with E-state index in [1.807, 2.05) is 19.1 Å². The van der Waals surface area contributed by atoms with Gasteiger partial charge in [0.2, 0.25) is 5.91 Å². The second kappa shape index (κ2) is 9.39. The summed E-state index contributed by atoms with van der Waals surface area (Å²) < 4.78 is 10.8. The van der Waals surface area contributed by atoms with E-state index in [9.17, 15) is 9.59 Å². The molecule has 8 heteroatoms. The molecule has 0 atom stereocenters. The van der Waals surface area contributed by atoms with Gasteiger partial charge >= 0.3 is 5.97 Å². The van der Waals surface area contributed by atoms with Crippen molar-refractivity contribution < 1.29 is 19.1 Å². The van der Waals surface area contributed by atoms with Gasteiger partial charge in [-0.05, 0) is 37.1 Å². The van der Waals surface area contributed by atoms with Crippen LogP contribution < -0.4 is 10.1 Å². The molecule has 0 bridgehead atoms. The van der Waals surface area contributed by atoms with Crippen LogP contribution in [0.4, 0.5) is 5.13 Å². The number of benzene rings is 1. The Morgan fingerprint density at radius 2 is 2.16 bits per heavy atom. The normalized spacial score (nSPS) is 10.4. The van der Waals surface area contributed by atoms with E-state index < -0.39 is 0 Å². The molecule has 0 unspecified atom stereocenters. The molecule has 0 aliphatic heterocycles. The number of nitrogens with one attached hydrogen (secondary N) is 1. The number of aryl methyl sites for hydroxylation is 1. The van der Waals surface area contributed by atoms with E-state index in [1.165, 1.54) is 18.3 Å². The standard InChI is InChI=1S/C17H19ClN2O4S/c1-11-8-13(18)5-6-15(11)23-7-3-4-16(22)24-9-14-10-25-17(20-14)19-12(2)21/h5-6,8,10H,3-4,7,9H2,1-2H3,(H,19,20,21). The van der Waals surface area contributed by atoms with Crippen LogP contribution in [-0.4, -0.2) is 23.5 Å². The average Bonchev–Trinajstić information content (AvgIpc) is 2.98. The van der Waals surface area contributed by atoms with Gasteiger partial charge in [-0.25, -0.2) is 4.98 Å². The Balaban J connectivity index is 1.65. The van der Waals surface area contributed by atoms with Gasteiger partial charge in [0, 0.05) is 23.7 Å². The monoisotopic (exact) mass is 382 g/mol.